The van der Waals surface area contributed by atoms with Gasteiger partial charge in [0.15, 0.2) is 6.54 Å². The molecule has 1 aliphatic carbocycles. The predicted octanol–water partition coefficient (Wildman–Crippen LogP) is 2.59. The third-order valence-corrected chi connectivity index (χ3v) is 5.40. The highest BCUT2D eigenvalue weighted by Gasteiger charge is 2.32. The number of hydrogen-bond donors (Lipinski definition) is 2. The Morgan fingerprint density at radius 3 is 2.74 bits per heavy atom. The summed E-state index contributed by atoms with van der Waals surface area (Å²) in [4.78, 5) is 25.7. The molecule has 1 atom stereocenters. The van der Waals surface area contributed by atoms with E-state index in [9.17, 15) is 14.0 Å². The van der Waals surface area contributed by atoms with Gasteiger partial charge < -0.3 is 15.0 Å². The van der Waals surface area contributed by atoms with Crippen molar-refractivity contribution < 1.29 is 23.6 Å². The summed E-state index contributed by atoms with van der Waals surface area (Å²) >= 11 is 1.36. The van der Waals surface area contributed by atoms with E-state index in [1.165, 1.54) is 17.4 Å². The minimum Gasteiger partial charge on any atom is -0.462 e. The Hall–Kier alpha value is -2.25. The van der Waals surface area contributed by atoms with Gasteiger partial charge in [0, 0.05) is 5.56 Å². The van der Waals surface area contributed by atoms with Crippen LogP contribution in [0.4, 0.5) is 9.39 Å². The van der Waals surface area contributed by atoms with Gasteiger partial charge in [-0.2, -0.15) is 0 Å². The van der Waals surface area contributed by atoms with E-state index < -0.39 is 0 Å². The van der Waals surface area contributed by atoms with Crippen LogP contribution in [0.5, 0.6) is 0 Å². The lowest BCUT2D eigenvalue weighted by Gasteiger charge is -2.14. The molecule has 1 fully saturated rings. The number of likely N-dealkylation sites (N-methyl/N-ethyl adjacent to an activating group) is 1. The summed E-state index contributed by atoms with van der Waals surface area (Å²) < 4.78 is 18.9. The molecule has 2 aromatic rings. The molecule has 1 amide bonds. The van der Waals surface area contributed by atoms with Gasteiger partial charge in [0.1, 0.15) is 17.4 Å². The molecule has 0 saturated heterocycles. The largest absolute Gasteiger partial charge is 0.462 e. The molecule has 7 heteroatoms. The monoisotopic (exact) mass is 391 g/mol. The number of quaternary nitrogens is 1. The Kier molecular flexibility index (Phi) is 6.23. The summed E-state index contributed by atoms with van der Waals surface area (Å²) in [7, 11) is 1.84. The van der Waals surface area contributed by atoms with E-state index in [-0.39, 0.29) is 24.2 Å². The van der Waals surface area contributed by atoms with E-state index in [1.807, 2.05) is 12.4 Å². The molecule has 5 nitrogen and oxygen atoms in total. The molecule has 144 valence electrons. The van der Waals surface area contributed by atoms with Gasteiger partial charge >= 0.3 is 5.97 Å². The van der Waals surface area contributed by atoms with E-state index in [1.54, 1.807) is 25.1 Å². The highest BCUT2D eigenvalue weighted by molar-refractivity contribution is 7.15. The van der Waals surface area contributed by atoms with E-state index in [4.69, 9.17) is 4.74 Å². The van der Waals surface area contributed by atoms with Gasteiger partial charge in [-0.05, 0) is 42.7 Å². The van der Waals surface area contributed by atoms with Crippen LogP contribution < -0.4 is 10.2 Å². The Morgan fingerprint density at radius 1 is 1.33 bits per heavy atom. The van der Waals surface area contributed by atoms with E-state index >= 15 is 0 Å². The summed E-state index contributed by atoms with van der Waals surface area (Å²) in [6, 6.07) is 6.56. The maximum atomic E-state index is 13.8. The van der Waals surface area contributed by atoms with Gasteiger partial charge in [0.2, 0.25) is 0 Å². The second-order valence-corrected chi connectivity index (χ2v) is 7.72. The molecule has 1 saturated carbocycles. The SMILES string of the molecule is CCOC(=O)c1c(C2CC2)csc1NC(=O)C[NH+](C)Cc1ccccc1F. The number of hydrogen-bond acceptors (Lipinski definition) is 4. The molecule has 2 N–H and O–H groups in total. The van der Waals surface area contributed by atoms with Gasteiger partial charge in [0.05, 0.1) is 19.2 Å². The van der Waals surface area contributed by atoms with Gasteiger partial charge in [0.25, 0.3) is 5.91 Å². The summed E-state index contributed by atoms with van der Waals surface area (Å²) in [5.41, 5.74) is 2.03. The summed E-state index contributed by atoms with van der Waals surface area (Å²) in [6.07, 6.45) is 2.12. The first-order valence-corrected chi connectivity index (χ1v) is 10.0. The zero-order valence-corrected chi connectivity index (χ0v) is 16.3. The fourth-order valence-electron chi connectivity index (χ4n) is 3.05. The number of esters is 1. The second kappa shape index (κ2) is 8.63. The molecule has 1 aliphatic rings. The predicted molar refractivity (Wildman–Crippen MR) is 103 cm³/mol. The van der Waals surface area contributed by atoms with Gasteiger partial charge in [-0.1, -0.05) is 18.2 Å². The summed E-state index contributed by atoms with van der Waals surface area (Å²) in [6.45, 7) is 2.64. The zero-order chi connectivity index (χ0) is 19.4. The van der Waals surface area contributed by atoms with Crippen LogP contribution in [0.2, 0.25) is 0 Å². The smallest absolute Gasteiger partial charge is 0.341 e. The maximum Gasteiger partial charge on any atom is 0.341 e. The van der Waals surface area contributed by atoms with Crippen molar-refractivity contribution in [1.29, 1.82) is 0 Å². The number of rotatable bonds is 8. The molecule has 1 aromatic carbocycles. The maximum absolute atomic E-state index is 13.8. The van der Waals surface area contributed by atoms with Crippen LogP contribution in [0.15, 0.2) is 29.6 Å². The van der Waals surface area contributed by atoms with Crippen molar-refractivity contribution in [2.45, 2.75) is 32.2 Å². The molecule has 1 unspecified atom stereocenters. The van der Waals surface area contributed by atoms with Crippen molar-refractivity contribution in [3.05, 3.63) is 52.2 Å². The Bertz CT molecular complexity index is 832. The van der Waals surface area contributed by atoms with E-state index in [2.05, 4.69) is 5.32 Å². The molecule has 0 aliphatic heterocycles. The zero-order valence-electron chi connectivity index (χ0n) is 15.5. The number of anilines is 1. The Balaban J connectivity index is 1.65. The fraction of sp³-hybridized carbons (Fsp3) is 0.400. The standard InChI is InChI=1S/C20H23FN2O3S/c1-3-26-20(25)18-15(13-8-9-13)12-27-19(18)22-17(24)11-23(2)10-14-6-4-5-7-16(14)21/h4-7,12-13H,3,8-11H2,1-2H3,(H,22,24)/p+1. The number of ether oxygens (including phenoxy) is 1. The minimum atomic E-state index is -0.386. The van der Waals surface area contributed by atoms with Crippen LogP contribution in [0.1, 0.15) is 47.2 Å². The highest BCUT2D eigenvalue weighted by Crippen LogP contribution is 2.46. The number of thiophene rings is 1. The number of carbonyl (C=O) groups excluding carboxylic acids is 2. The molecule has 0 radical (unpaired) electrons. The second-order valence-electron chi connectivity index (χ2n) is 6.84. The van der Waals surface area contributed by atoms with E-state index in [0.717, 1.165) is 23.3 Å². The average Bonchev–Trinajstić information content (AvgIpc) is 3.38. The Morgan fingerprint density at radius 2 is 2.07 bits per heavy atom. The van der Waals surface area contributed by atoms with Crippen molar-refractivity contribution in [2.75, 3.05) is 25.5 Å². The first-order valence-electron chi connectivity index (χ1n) is 9.12. The van der Waals surface area contributed by atoms with Crippen molar-refractivity contribution >= 4 is 28.2 Å². The van der Waals surface area contributed by atoms with Crippen LogP contribution in [-0.2, 0) is 16.1 Å². The molecule has 27 heavy (non-hydrogen) atoms. The van der Waals surface area contributed by atoms with Crippen LogP contribution in [0.3, 0.4) is 0 Å². The van der Waals surface area contributed by atoms with Gasteiger partial charge in [-0.25, -0.2) is 9.18 Å². The molecule has 0 spiro atoms. The van der Waals surface area contributed by atoms with Gasteiger partial charge in [-0.15, -0.1) is 11.3 Å². The van der Waals surface area contributed by atoms with Crippen molar-refractivity contribution in [3.63, 3.8) is 0 Å². The lowest BCUT2D eigenvalue weighted by molar-refractivity contribution is -0.885. The fourth-order valence-corrected chi connectivity index (χ4v) is 4.09. The highest BCUT2D eigenvalue weighted by atomic mass is 32.1. The third-order valence-electron chi connectivity index (χ3n) is 4.48. The lowest BCUT2D eigenvalue weighted by Crippen LogP contribution is -3.08. The van der Waals surface area contributed by atoms with Crippen LogP contribution in [0, 0.1) is 5.82 Å². The molecule has 0 bridgehead atoms. The molecule has 3 rings (SSSR count). The third kappa shape index (κ3) is 4.93. The number of benzene rings is 1. The van der Waals surface area contributed by atoms with Crippen molar-refractivity contribution in [1.82, 2.24) is 0 Å². The quantitative estimate of drug-likeness (QED) is 0.680. The first-order chi connectivity index (χ1) is 13.0. The number of nitrogens with one attached hydrogen (secondary N) is 2. The van der Waals surface area contributed by atoms with Crippen LogP contribution in [0.25, 0.3) is 0 Å². The topological polar surface area (TPSA) is 59.8 Å². The normalized spacial score (nSPS) is 14.6. The summed E-state index contributed by atoms with van der Waals surface area (Å²) in [5, 5.41) is 5.33. The average molecular weight is 391 g/mol. The van der Waals surface area contributed by atoms with Crippen molar-refractivity contribution in [3.8, 4) is 0 Å². The molecular formula is C20H24FN2O3S+. The first kappa shape index (κ1) is 19.5. The Labute approximate surface area is 162 Å². The summed E-state index contributed by atoms with van der Waals surface area (Å²) in [5.74, 6) is -0.476. The van der Waals surface area contributed by atoms with Gasteiger partial charge in [-0.3, -0.25) is 4.79 Å². The van der Waals surface area contributed by atoms with Crippen LogP contribution >= 0.6 is 11.3 Å². The molecule has 1 heterocycles. The number of amides is 1. The molecule has 1 aromatic heterocycles. The molecular weight excluding hydrogens is 367 g/mol. The number of carbonyl (C=O) groups is 2. The van der Waals surface area contributed by atoms with Crippen LogP contribution in [-0.4, -0.2) is 32.1 Å². The minimum absolute atomic E-state index is 0.174. The van der Waals surface area contributed by atoms with Crippen molar-refractivity contribution in [2.24, 2.45) is 0 Å². The lowest BCUT2D eigenvalue weighted by atomic mass is 10.1. The number of halogens is 1. The van der Waals surface area contributed by atoms with E-state index in [0.29, 0.717) is 35.2 Å².